The number of aliphatic hydroxyl groups excluding tert-OH is 3. The molecule has 2 aliphatic rings. The predicted molar refractivity (Wildman–Crippen MR) is 81.0 cm³/mol. The Morgan fingerprint density at radius 1 is 1.10 bits per heavy atom. The highest BCUT2D eigenvalue weighted by Gasteiger charge is 2.39. The van der Waals surface area contributed by atoms with Gasteiger partial charge in [0.1, 0.15) is 6.10 Å². The minimum Gasteiger partial charge on any atom is -0.389 e. The van der Waals surface area contributed by atoms with E-state index >= 15 is 0 Å². The van der Waals surface area contributed by atoms with Crippen molar-refractivity contribution < 1.29 is 15.3 Å². The number of β-amino-alcohol motifs (C(OH)–C–C–N with tert-alkyl or cyclic N) is 1. The zero-order valence-corrected chi connectivity index (χ0v) is 12.5. The summed E-state index contributed by atoms with van der Waals surface area (Å²) in [5.74, 6) is 0.553. The molecule has 0 aromatic heterocycles. The third-order valence-electron chi connectivity index (χ3n) is 5.18. The van der Waals surface area contributed by atoms with Gasteiger partial charge in [0.25, 0.3) is 0 Å². The molecule has 1 fully saturated rings. The quantitative estimate of drug-likeness (QED) is 0.746. The highest BCUT2D eigenvalue weighted by molar-refractivity contribution is 5.29. The Morgan fingerprint density at radius 3 is 2.57 bits per heavy atom. The van der Waals surface area contributed by atoms with Gasteiger partial charge in [0.2, 0.25) is 0 Å². The summed E-state index contributed by atoms with van der Waals surface area (Å²) in [6.45, 7) is 3.24. The van der Waals surface area contributed by atoms with Crippen LogP contribution >= 0.6 is 0 Å². The highest BCUT2D eigenvalue weighted by atomic mass is 16.4. The molecule has 0 saturated carbocycles. The van der Waals surface area contributed by atoms with Gasteiger partial charge in [-0.25, -0.2) is 0 Å². The van der Waals surface area contributed by atoms with Crippen LogP contribution in [0.15, 0.2) is 24.3 Å². The Bertz CT molecular complexity index is 493. The molecule has 21 heavy (non-hydrogen) atoms. The first-order chi connectivity index (χ1) is 10.1. The van der Waals surface area contributed by atoms with E-state index in [1.54, 1.807) is 0 Å². The van der Waals surface area contributed by atoms with Gasteiger partial charge in [-0.1, -0.05) is 24.3 Å². The van der Waals surface area contributed by atoms with E-state index in [1.165, 1.54) is 11.1 Å². The summed E-state index contributed by atoms with van der Waals surface area (Å²) in [6, 6.07) is 8.49. The third-order valence-corrected chi connectivity index (χ3v) is 5.18. The van der Waals surface area contributed by atoms with Gasteiger partial charge in [0.05, 0.1) is 12.2 Å². The lowest BCUT2D eigenvalue weighted by molar-refractivity contribution is -0.135. The Hall–Kier alpha value is -0.940. The van der Waals surface area contributed by atoms with Crippen molar-refractivity contribution in [1.29, 1.82) is 0 Å². The first-order valence-corrected chi connectivity index (χ1v) is 7.91. The van der Waals surface area contributed by atoms with Gasteiger partial charge in [0.15, 0.2) is 0 Å². The van der Waals surface area contributed by atoms with E-state index in [1.807, 2.05) is 6.92 Å². The van der Waals surface area contributed by atoms with E-state index in [2.05, 4.69) is 29.2 Å². The minimum absolute atomic E-state index is 0.111. The number of aryl methyl sites for hydroxylation is 1. The molecule has 0 bridgehead atoms. The molecule has 1 aliphatic carbocycles. The monoisotopic (exact) mass is 291 g/mol. The van der Waals surface area contributed by atoms with Crippen molar-refractivity contribution in [2.75, 3.05) is 13.1 Å². The largest absolute Gasteiger partial charge is 0.389 e. The van der Waals surface area contributed by atoms with Crippen molar-refractivity contribution in [2.45, 2.75) is 50.5 Å². The molecule has 1 aromatic rings. The van der Waals surface area contributed by atoms with E-state index < -0.39 is 18.3 Å². The smallest absolute Gasteiger partial charge is 0.108 e. The molecule has 0 spiro atoms. The fraction of sp³-hybridized carbons (Fsp3) is 0.647. The van der Waals surface area contributed by atoms with Crippen LogP contribution in [0.3, 0.4) is 0 Å². The third kappa shape index (κ3) is 2.99. The number of piperidine rings is 1. The SMILES string of the molecule is C[C@@H]1[C@@H](O)[C@H](O)[C@@H](O)CN1CC1CCc2ccccc2C1. The summed E-state index contributed by atoms with van der Waals surface area (Å²) >= 11 is 0. The van der Waals surface area contributed by atoms with Gasteiger partial charge in [-0.3, -0.25) is 4.90 Å². The average Bonchev–Trinajstić information content (AvgIpc) is 2.50. The van der Waals surface area contributed by atoms with Crippen LogP contribution < -0.4 is 0 Å². The normalized spacial score (nSPS) is 37.2. The van der Waals surface area contributed by atoms with Gasteiger partial charge < -0.3 is 15.3 Å². The van der Waals surface area contributed by atoms with Crippen molar-refractivity contribution in [3.8, 4) is 0 Å². The molecule has 3 N–H and O–H groups in total. The molecule has 1 heterocycles. The van der Waals surface area contributed by atoms with E-state index in [-0.39, 0.29) is 6.04 Å². The number of fused-ring (bicyclic) bond motifs is 1. The molecule has 1 unspecified atom stereocenters. The number of hydrogen-bond acceptors (Lipinski definition) is 4. The number of aliphatic hydroxyl groups is 3. The van der Waals surface area contributed by atoms with Gasteiger partial charge in [-0.15, -0.1) is 0 Å². The predicted octanol–water partition coefficient (Wildman–Crippen LogP) is 0.578. The molecular weight excluding hydrogens is 266 g/mol. The summed E-state index contributed by atoms with van der Waals surface area (Å²) in [6.07, 6.45) is 0.569. The lowest BCUT2D eigenvalue weighted by Gasteiger charge is -2.44. The lowest BCUT2D eigenvalue weighted by atomic mass is 9.83. The number of likely N-dealkylation sites (tertiary alicyclic amines) is 1. The summed E-state index contributed by atoms with van der Waals surface area (Å²) in [4.78, 5) is 2.13. The van der Waals surface area contributed by atoms with Crippen molar-refractivity contribution in [1.82, 2.24) is 4.90 Å². The Labute approximate surface area is 126 Å². The summed E-state index contributed by atoms with van der Waals surface area (Å²) in [5, 5.41) is 29.6. The second-order valence-corrected chi connectivity index (χ2v) is 6.62. The molecule has 4 nitrogen and oxygen atoms in total. The lowest BCUT2D eigenvalue weighted by Crippen LogP contribution is -2.61. The molecular formula is C17H25NO3. The average molecular weight is 291 g/mol. The van der Waals surface area contributed by atoms with E-state index in [0.29, 0.717) is 12.5 Å². The maximum absolute atomic E-state index is 10.0. The van der Waals surface area contributed by atoms with Crippen LogP contribution in [0.25, 0.3) is 0 Å². The first kappa shape index (κ1) is 15.0. The van der Waals surface area contributed by atoms with Crippen LogP contribution in [0.5, 0.6) is 0 Å². The molecule has 0 radical (unpaired) electrons. The van der Waals surface area contributed by atoms with Crippen LogP contribution in [0.4, 0.5) is 0 Å². The Balaban J connectivity index is 1.65. The van der Waals surface area contributed by atoms with Crippen molar-refractivity contribution >= 4 is 0 Å². The Morgan fingerprint density at radius 2 is 1.81 bits per heavy atom. The van der Waals surface area contributed by atoms with Crippen LogP contribution in [0, 0.1) is 5.92 Å². The number of nitrogens with zero attached hydrogens (tertiary/aromatic N) is 1. The standard InChI is InChI=1S/C17H25NO3/c1-11-16(20)17(21)15(19)10-18(11)9-12-6-7-13-4-2-3-5-14(13)8-12/h2-5,11-12,15-17,19-21H,6-10H2,1H3/t11-,12?,15+,16-,17-/m1/s1. The van der Waals surface area contributed by atoms with E-state index in [4.69, 9.17) is 0 Å². The molecule has 1 saturated heterocycles. The highest BCUT2D eigenvalue weighted by Crippen LogP contribution is 2.28. The topological polar surface area (TPSA) is 63.9 Å². The first-order valence-electron chi connectivity index (χ1n) is 7.91. The van der Waals surface area contributed by atoms with Gasteiger partial charge in [0, 0.05) is 19.1 Å². The fourth-order valence-corrected chi connectivity index (χ4v) is 3.74. The van der Waals surface area contributed by atoms with E-state index in [9.17, 15) is 15.3 Å². The van der Waals surface area contributed by atoms with Gasteiger partial charge in [-0.05, 0) is 43.2 Å². The van der Waals surface area contributed by atoms with Crippen molar-refractivity contribution in [3.63, 3.8) is 0 Å². The van der Waals surface area contributed by atoms with E-state index in [0.717, 1.165) is 25.8 Å². The van der Waals surface area contributed by atoms with Crippen LogP contribution in [-0.2, 0) is 12.8 Å². The van der Waals surface area contributed by atoms with Gasteiger partial charge in [-0.2, -0.15) is 0 Å². The molecule has 0 amide bonds. The number of benzene rings is 1. The molecule has 116 valence electrons. The molecule has 1 aliphatic heterocycles. The van der Waals surface area contributed by atoms with Crippen molar-refractivity contribution in [3.05, 3.63) is 35.4 Å². The molecule has 3 rings (SSSR count). The zero-order chi connectivity index (χ0) is 15.0. The second-order valence-electron chi connectivity index (χ2n) is 6.62. The summed E-state index contributed by atoms with van der Waals surface area (Å²) in [7, 11) is 0. The molecule has 1 aromatic carbocycles. The maximum atomic E-state index is 10.0. The fourth-order valence-electron chi connectivity index (χ4n) is 3.74. The second kappa shape index (κ2) is 6.05. The Kier molecular flexibility index (Phi) is 4.31. The van der Waals surface area contributed by atoms with Gasteiger partial charge >= 0.3 is 0 Å². The molecule has 5 atom stereocenters. The van der Waals surface area contributed by atoms with Crippen LogP contribution in [0.1, 0.15) is 24.5 Å². The summed E-state index contributed by atoms with van der Waals surface area (Å²) < 4.78 is 0. The number of hydrogen-bond donors (Lipinski definition) is 3. The number of rotatable bonds is 2. The maximum Gasteiger partial charge on any atom is 0.108 e. The van der Waals surface area contributed by atoms with Crippen molar-refractivity contribution in [2.24, 2.45) is 5.92 Å². The minimum atomic E-state index is -1.02. The van der Waals surface area contributed by atoms with Crippen LogP contribution in [-0.4, -0.2) is 57.7 Å². The van der Waals surface area contributed by atoms with Crippen LogP contribution in [0.2, 0.25) is 0 Å². The zero-order valence-electron chi connectivity index (χ0n) is 12.5. The summed E-state index contributed by atoms with van der Waals surface area (Å²) in [5.41, 5.74) is 2.88. The molecule has 4 heteroatoms.